The van der Waals surface area contributed by atoms with E-state index in [1.165, 1.54) is 0 Å². The Kier molecular flexibility index (Phi) is 4.90. The molecule has 84 valence electrons. The summed E-state index contributed by atoms with van der Waals surface area (Å²) in [5.41, 5.74) is 7.16. The number of hydrogen-bond acceptors (Lipinski definition) is 4. The molecule has 0 saturated carbocycles. The summed E-state index contributed by atoms with van der Waals surface area (Å²) in [7, 11) is 0. The predicted molar refractivity (Wildman–Crippen MR) is 60.0 cm³/mol. The summed E-state index contributed by atoms with van der Waals surface area (Å²) in [6.07, 6.45) is 1.02. The van der Waals surface area contributed by atoms with Gasteiger partial charge in [0, 0.05) is 12.3 Å². The minimum Gasteiger partial charge on any atom is -0.474 e. The number of ether oxygens (including phenoxy) is 2. The highest BCUT2D eigenvalue weighted by molar-refractivity contribution is 5.48. The van der Waals surface area contributed by atoms with Gasteiger partial charge in [-0.25, -0.2) is 4.98 Å². The second-order valence-electron chi connectivity index (χ2n) is 3.31. The zero-order valence-corrected chi connectivity index (χ0v) is 9.32. The summed E-state index contributed by atoms with van der Waals surface area (Å²) in [6.45, 7) is 5.80. The summed E-state index contributed by atoms with van der Waals surface area (Å²) in [5, 5.41) is 0. The molecule has 1 aromatic heterocycles. The smallest absolute Gasteiger partial charge is 0.237 e. The number of aromatic nitrogens is 1. The van der Waals surface area contributed by atoms with Gasteiger partial charge in [0.15, 0.2) is 0 Å². The van der Waals surface area contributed by atoms with Crippen LogP contribution in [-0.2, 0) is 4.74 Å². The van der Waals surface area contributed by atoms with E-state index in [9.17, 15) is 0 Å². The highest BCUT2D eigenvalue weighted by Gasteiger charge is 2.01. The first-order chi connectivity index (χ1) is 7.24. The first-order valence-electron chi connectivity index (χ1n) is 5.17. The van der Waals surface area contributed by atoms with Gasteiger partial charge in [-0.3, -0.25) is 0 Å². The fourth-order valence-electron chi connectivity index (χ4n) is 1.10. The number of nitrogens with two attached hydrogens (primary N) is 1. The van der Waals surface area contributed by atoms with E-state index >= 15 is 0 Å². The average molecular weight is 210 g/mol. The highest BCUT2D eigenvalue weighted by Crippen LogP contribution is 2.17. The van der Waals surface area contributed by atoms with Crippen molar-refractivity contribution in [1.29, 1.82) is 0 Å². The van der Waals surface area contributed by atoms with Crippen molar-refractivity contribution in [2.45, 2.75) is 20.3 Å². The van der Waals surface area contributed by atoms with E-state index < -0.39 is 0 Å². The zero-order valence-electron chi connectivity index (χ0n) is 9.32. The van der Waals surface area contributed by atoms with E-state index in [-0.39, 0.29) is 0 Å². The van der Waals surface area contributed by atoms with Crippen molar-refractivity contribution < 1.29 is 9.47 Å². The third-order valence-corrected chi connectivity index (χ3v) is 1.84. The van der Waals surface area contributed by atoms with Crippen LogP contribution in [0.5, 0.6) is 5.88 Å². The van der Waals surface area contributed by atoms with Crippen molar-refractivity contribution in [2.75, 3.05) is 25.6 Å². The van der Waals surface area contributed by atoms with Crippen LogP contribution in [0.1, 0.15) is 19.0 Å². The molecular formula is C11H18N2O2. The molecule has 15 heavy (non-hydrogen) atoms. The summed E-state index contributed by atoms with van der Waals surface area (Å²) in [6, 6.07) is 3.65. The molecule has 0 radical (unpaired) electrons. The molecule has 1 heterocycles. The Labute approximate surface area is 90.4 Å². The molecule has 0 unspecified atom stereocenters. The van der Waals surface area contributed by atoms with Gasteiger partial charge in [-0.05, 0) is 25.5 Å². The van der Waals surface area contributed by atoms with E-state index in [4.69, 9.17) is 15.2 Å². The molecule has 0 amide bonds. The van der Waals surface area contributed by atoms with Gasteiger partial charge in [0.1, 0.15) is 6.61 Å². The van der Waals surface area contributed by atoms with Gasteiger partial charge in [0.2, 0.25) is 5.88 Å². The van der Waals surface area contributed by atoms with Crippen LogP contribution >= 0.6 is 0 Å². The molecule has 0 aliphatic rings. The lowest BCUT2D eigenvalue weighted by Crippen LogP contribution is -2.09. The fraction of sp³-hybridized carbons (Fsp3) is 0.545. The van der Waals surface area contributed by atoms with E-state index in [2.05, 4.69) is 11.9 Å². The van der Waals surface area contributed by atoms with E-state index in [1.54, 1.807) is 6.07 Å². The maximum atomic E-state index is 5.70. The summed E-state index contributed by atoms with van der Waals surface area (Å²) >= 11 is 0. The van der Waals surface area contributed by atoms with Crippen molar-refractivity contribution in [3.05, 3.63) is 17.8 Å². The normalized spacial score (nSPS) is 10.3. The minimum atomic E-state index is 0.487. The van der Waals surface area contributed by atoms with Crippen molar-refractivity contribution in [3.8, 4) is 5.88 Å². The maximum Gasteiger partial charge on any atom is 0.237 e. The number of nitrogens with zero attached hydrogens (tertiary/aromatic N) is 1. The quantitative estimate of drug-likeness (QED) is 0.727. The lowest BCUT2D eigenvalue weighted by molar-refractivity contribution is 0.0992. The fourth-order valence-corrected chi connectivity index (χ4v) is 1.10. The molecule has 0 fully saturated rings. The van der Waals surface area contributed by atoms with Gasteiger partial charge >= 0.3 is 0 Å². The van der Waals surface area contributed by atoms with Crippen LogP contribution in [0.2, 0.25) is 0 Å². The first kappa shape index (κ1) is 11.8. The Morgan fingerprint density at radius 1 is 1.27 bits per heavy atom. The molecule has 0 spiro atoms. The Morgan fingerprint density at radius 2 is 2.07 bits per heavy atom. The third-order valence-electron chi connectivity index (χ3n) is 1.84. The van der Waals surface area contributed by atoms with Gasteiger partial charge in [0.25, 0.3) is 0 Å². The molecule has 0 saturated heterocycles. The Balaban J connectivity index is 2.33. The molecule has 1 rings (SSSR count). The Morgan fingerprint density at radius 3 is 2.80 bits per heavy atom. The molecule has 2 N–H and O–H groups in total. The second kappa shape index (κ2) is 6.24. The standard InChI is InChI=1S/C11H18N2O2/c1-3-6-14-7-8-15-11-10(12)5-4-9(2)13-11/h4-5H,3,6-8,12H2,1-2H3. The summed E-state index contributed by atoms with van der Waals surface area (Å²) < 4.78 is 10.7. The topological polar surface area (TPSA) is 57.4 Å². The van der Waals surface area contributed by atoms with Crippen LogP contribution in [0.25, 0.3) is 0 Å². The van der Waals surface area contributed by atoms with Crippen LogP contribution in [0.3, 0.4) is 0 Å². The molecule has 0 aromatic carbocycles. The lowest BCUT2D eigenvalue weighted by atomic mass is 10.3. The highest BCUT2D eigenvalue weighted by atomic mass is 16.5. The van der Waals surface area contributed by atoms with Crippen molar-refractivity contribution in [2.24, 2.45) is 0 Å². The van der Waals surface area contributed by atoms with Crippen molar-refractivity contribution >= 4 is 5.69 Å². The maximum absolute atomic E-state index is 5.70. The van der Waals surface area contributed by atoms with Gasteiger partial charge in [-0.2, -0.15) is 0 Å². The van der Waals surface area contributed by atoms with Crippen LogP contribution in [0.15, 0.2) is 12.1 Å². The molecule has 0 aliphatic heterocycles. The number of hydrogen-bond donors (Lipinski definition) is 1. The van der Waals surface area contributed by atoms with Crippen LogP contribution in [0, 0.1) is 6.92 Å². The van der Waals surface area contributed by atoms with Crippen LogP contribution in [-0.4, -0.2) is 24.8 Å². The van der Waals surface area contributed by atoms with E-state index in [0.717, 1.165) is 18.7 Å². The Hall–Kier alpha value is -1.29. The molecule has 1 aromatic rings. The predicted octanol–water partition coefficient (Wildman–Crippen LogP) is 1.78. The lowest BCUT2D eigenvalue weighted by Gasteiger charge is -2.08. The minimum absolute atomic E-state index is 0.487. The molecule has 4 nitrogen and oxygen atoms in total. The van der Waals surface area contributed by atoms with Crippen LogP contribution in [0.4, 0.5) is 5.69 Å². The molecule has 4 heteroatoms. The molecular weight excluding hydrogens is 192 g/mol. The van der Waals surface area contributed by atoms with E-state index in [0.29, 0.717) is 24.8 Å². The monoisotopic (exact) mass is 210 g/mol. The largest absolute Gasteiger partial charge is 0.474 e. The Bertz CT molecular complexity index is 303. The van der Waals surface area contributed by atoms with Crippen LogP contribution < -0.4 is 10.5 Å². The van der Waals surface area contributed by atoms with Gasteiger partial charge < -0.3 is 15.2 Å². The SMILES string of the molecule is CCCOCCOc1nc(C)ccc1N. The zero-order chi connectivity index (χ0) is 11.1. The second-order valence-corrected chi connectivity index (χ2v) is 3.31. The van der Waals surface area contributed by atoms with Gasteiger partial charge in [0.05, 0.1) is 12.3 Å². The van der Waals surface area contributed by atoms with Gasteiger partial charge in [-0.15, -0.1) is 0 Å². The van der Waals surface area contributed by atoms with Gasteiger partial charge in [-0.1, -0.05) is 6.92 Å². The average Bonchev–Trinajstić information content (AvgIpc) is 2.23. The van der Waals surface area contributed by atoms with E-state index in [1.807, 2.05) is 13.0 Å². The number of aryl methyl sites for hydroxylation is 1. The third kappa shape index (κ3) is 4.16. The number of pyridine rings is 1. The molecule has 0 bridgehead atoms. The molecule has 0 aliphatic carbocycles. The first-order valence-corrected chi connectivity index (χ1v) is 5.17. The van der Waals surface area contributed by atoms with Crippen molar-refractivity contribution in [3.63, 3.8) is 0 Å². The summed E-state index contributed by atoms with van der Waals surface area (Å²) in [4.78, 5) is 4.19. The summed E-state index contributed by atoms with van der Waals surface area (Å²) in [5.74, 6) is 0.495. The number of rotatable bonds is 6. The number of anilines is 1. The van der Waals surface area contributed by atoms with Crippen molar-refractivity contribution in [1.82, 2.24) is 4.98 Å². The number of nitrogen functional groups attached to an aromatic ring is 1. The molecule has 0 atom stereocenters.